The Hall–Kier alpha value is -0.830. The summed E-state index contributed by atoms with van der Waals surface area (Å²) < 4.78 is 2.27. The lowest BCUT2D eigenvalue weighted by molar-refractivity contribution is 0.211. The minimum absolute atomic E-state index is 0.0965. The lowest BCUT2D eigenvalue weighted by Crippen LogP contribution is -2.32. The number of imidazole rings is 1. The Morgan fingerprint density at radius 3 is 2.38 bits per heavy atom. The van der Waals surface area contributed by atoms with Crippen LogP contribution in [0.5, 0.6) is 0 Å². The molecule has 0 spiro atoms. The maximum absolute atomic E-state index is 5.62. The van der Waals surface area contributed by atoms with Gasteiger partial charge in [0, 0.05) is 23.9 Å². The molecular formula is C13H25N3. The summed E-state index contributed by atoms with van der Waals surface area (Å²) in [5, 5.41) is 0. The summed E-state index contributed by atoms with van der Waals surface area (Å²) in [7, 11) is 0. The van der Waals surface area contributed by atoms with Gasteiger partial charge >= 0.3 is 0 Å². The van der Waals surface area contributed by atoms with E-state index in [1.807, 2.05) is 12.5 Å². The van der Waals surface area contributed by atoms with Crippen LogP contribution in [0.3, 0.4) is 0 Å². The first-order chi connectivity index (χ1) is 7.26. The molecule has 0 amide bonds. The third-order valence-electron chi connectivity index (χ3n) is 2.73. The molecule has 0 saturated heterocycles. The number of nitrogens with zero attached hydrogens (tertiary/aromatic N) is 2. The summed E-state index contributed by atoms with van der Waals surface area (Å²) in [6.07, 6.45) is 5.87. The second kappa shape index (κ2) is 4.58. The van der Waals surface area contributed by atoms with Crippen LogP contribution in [0.15, 0.2) is 12.5 Å². The third-order valence-corrected chi connectivity index (χ3v) is 2.73. The third kappa shape index (κ3) is 3.34. The molecule has 3 nitrogen and oxygen atoms in total. The van der Waals surface area contributed by atoms with E-state index in [2.05, 4.69) is 44.2 Å². The van der Waals surface area contributed by atoms with Crippen molar-refractivity contribution >= 4 is 0 Å². The van der Waals surface area contributed by atoms with Gasteiger partial charge in [-0.15, -0.1) is 0 Å². The fraction of sp³-hybridized carbons (Fsp3) is 0.769. The highest BCUT2D eigenvalue weighted by molar-refractivity contribution is 5.04. The molecule has 2 N–H and O–H groups in total. The lowest BCUT2D eigenvalue weighted by atomic mass is 9.81. The van der Waals surface area contributed by atoms with Crippen LogP contribution < -0.4 is 5.73 Å². The normalized spacial score (nSPS) is 13.1. The molecule has 0 aromatic carbocycles. The first-order valence-corrected chi connectivity index (χ1v) is 5.98. The number of rotatable bonds is 4. The molecule has 0 radical (unpaired) electrons. The van der Waals surface area contributed by atoms with Gasteiger partial charge in [-0.1, -0.05) is 20.8 Å². The van der Waals surface area contributed by atoms with E-state index in [9.17, 15) is 0 Å². The summed E-state index contributed by atoms with van der Waals surface area (Å²) in [6, 6.07) is 0. The Morgan fingerprint density at radius 1 is 1.25 bits per heavy atom. The van der Waals surface area contributed by atoms with Gasteiger partial charge in [0.25, 0.3) is 0 Å². The smallest absolute Gasteiger partial charge is 0.0953 e. The van der Waals surface area contributed by atoms with Crippen LogP contribution in [0.4, 0.5) is 0 Å². The van der Waals surface area contributed by atoms with Crippen LogP contribution in [0.2, 0.25) is 0 Å². The first kappa shape index (κ1) is 13.2. The number of hydrogen-bond donors (Lipinski definition) is 1. The Balaban J connectivity index is 2.92. The number of aromatic nitrogens is 2. The predicted molar refractivity (Wildman–Crippen MR) is 68.4 cm³/mol. The highest BCUT2D eigenvalue weighted by Crippen LogP contribution is 2.32. The summed E-state index contributed by atoms with van der Waals surface area (Å²) in [4.78, 5) is 4.24. The maximum Gasteiger partial charge on any atom is 0.0953 e. The van der Waals surface area contributed by atoms with Crippen LogP contribution in [-0.2, 0) is 12.0 Å². The molecule has 0 bridgehead atoms. The fourth-order valence-electron chi connectivity index (χ4n) is 2.58. The Morgan fingerprint density at radius 2 is 1.88 bits per heavy atom. The van der Waals surface area contributed by atoms with Crippen molar-refractivity contribution in [3.8, 4) is 0 Å². The molecule has 0 fully saturated rings. The van der Waals surface area contributed by atoms with E-state index >= 15 is 0 Å². The van der Waals surface area contributed by atoms with Crippen molar-refractivity contribution in [3.05, 3.63) is 18.2 Å². The monoisotopic (exact) mass is 223 g/mol. The van der Waals surface area contributed by atoms with Crippen LogP contribution in [-0.4, -0.2) is 16.1 Å². The van der Waals surface area contributed by atoms with Gasteiger partial charge < -0.3 is 10.3 Å². The molecular weight excluding hydrogens is 198 g/mol. The Labute approximate surface area is 99.1 Å². The zero-order chi connectivity index (χ0) is 12.4. The topological polar surface area (TPSA) is 43.8 Å². The molecule has 1 aromatic rings. The van der Waals surface area contributed by atoms with Crippen LogP contribution in [0.1, 0.15) is 46.7 Å². The van der Waals surface area contributed by atoms with Crippen molar-refractivity contribution in [3.63, 3.8) is 0 Å². The largest absolute Gasteiger partial charge is 0.330 e. The van der Waals surface area contributed by atoms with Gasteiger partial charge in [-0.3, -0.25) is 0 Å². The minimum atomic E-state index is 0.0965. The van der Waals surface area contributed by atoms with Gasteiger partial charge in [0.05, 0.1) is 6.33 Å². The van der Waals surface area contributed by atoms with Gasteiger partial charge in [0.2, 0.25) is 0 Å². The average molecular weight is 223 g/mol. The molecule has 3 heteroatoms. The maximum atomic E-state index is 5.62. The molecule has 0 aliphatic carbocycles. The van der Waals surface area contributed by atoms with E-state index in [4.69, 9.17) is 5.73 Å². The van der Waals surface area contributed by atoms with Gasteiger partial charge in [-0.2, -0.15) is 0 Å². The van der Waals surface area contributed by atoms with Crippen molar-refractivity contribution < 1.29 is 0 Å². The van der Waals surface area contributed by atoms with Crippen molar-refractivity contribution in [1.82, 2.24) is 9.55 Å². The van der Waals surface area contributed by atoms with E-state index in [1.54, 1.807) is 0 Å². The summed E-state index contributed by atoms with van der Waals surface area (Å²) in [5.74, 6) is 0. The molecule has 1 heterocycles. The van der Waals surface area contributed by atoms with Gasteiger partial charge in [0.15, 0.2) is 0 Å². The Kier molecular flexibility index (Phi) is 3.79. The van der Waals surface area contributed by atoms with Gasteiger partial charge in [-0.05, 0) is 32.2 Å². The highest BCUT2D eigenvalue weighted by Gasteiger charge is 2.28. The Bertz CT molecular complexity index is 331. The summed E-state index contributed by atoms with van der Waals surface area (Å²) >= 11 is 0. The fourth-order valence-corrected chi connectivity index (χ4v) is 2.58. The van der Waals surface area contributed by atoms with Crippen LogP contribution in [0.25, 0.3) is 0 Å². The van der Waals surface area contributed by atoms with E-state index in [1.165, 1.54) is 5.69 Å². The quantitative estimate of drug-likeness (QED) is 0.852. The molecule has 0 aliphatic rings. The van der Waals surface area contributed by atoms with E-state index in [-0.39, 0.29) is 5.54 Å². The second-order valence-electron chi connectivity index (χ2n) is 6.34. The van der Waals surface area contributed by atoms with E-state index in [0.29, 0.717) is 12.0 Å². The summed E-state index contributed by atoms with van der Waals surface area (Å²) in [6.45, 7) is 12.0. The number of hydrogen-bond acceptors (Lipinski definition) is 2. The molecule has 92 valence electrons. The van der Waals surface area contributed by atoms with Crippen molar-refractivity contribution in [2.24, 2.45) is 11.1 Å². The molecule has 1 rings (SSSR count). The average Bonchev–Trinajstić information content (AvgIpc) is 2.48. The SMILES string of the molecule is CC(C)(C)CC(C)(C)n1cncc1CCN. The van der Waals surface area contributed by atoms with Gasteiger partial charge in [-0.25, -0.2) is 4.98 Å². The van der Waals surface area contributed by atoms with E-state index < -0.39 is 0 Å². The summed E-state index contributed by atoms with van der Waals surface area (Å²) in [5.41, 5.74) is 7.26. The highest BCUT2D eigenvalue weighted by atomic mass is 15.1. The second-order valence-corrected chi connectivity index (χ2v) is 6.34. The molecule has 0 aliphatic heterocycles. The molecule has 0 unspecified atom stereocenters. The molecule has 0 saturated carbocycles. The molecule has 0 atom stereocenters. The predicted octanol–water partition coefficient (Wildman–Crippen LogP) is 2.56. The number of nitrogens with two attached hydrogens (primary N) is 1. The zero-order valence-electron chi connectivity index (χ0n) is 11.2. The minimum Gasteiger partial charge on any atom is -0.330 e. The van der Waals surface area contributed by atoms with Crippen molar-refractivity contribution in [2.45, 2.75) is 53.0 Å². The van der Waals surface area contributed by atoms with E-state index in [0.717, 1.165) is 12.8 Å². The first-order valence-electron chi connectivity index (χ1n) is 5.98. The standard InChI is InChI=1S/C13H25N3/c1-12(2,3)9-13(4,5)16-10-15-8-11(16)6-7-14/h8,10H,6-7,9,14H2,1-5H3. The van der Waals surface area contributed by atoms with Crippen molar-refractivity contribution in [1.29, 1.82) is 0 Å². The van der Waals surface area contributed by atoms with Crippen LogP contribution in [0, 0.1) is 5.41 Å². The van der Waals surface area contributed by atoms with Crippen molar-refractivity contribution in [2.75, 3.05) is 6.54 Å². The lowest BCUT2D eigenvalue weighted by Gasteiger charge is -2.35. The van der Waals surface area contributed by atoms with Crippen LogP contribution >= 0.6 is 0 Å². The zero-order valence-corrected chi connectivity index (χ0v) is 11.2. The molecule has 16 heavy (non-hydrogen) atoms. The molecule has 1 aromatic heterocycles. The van der Waals surface area contributed by atoms with Gasteiger partial charge in [0.1, 0.15) is 0 Å².